The van der Waals surface area contributed by atoms with E-state index < -0.39 is 5.97 Å². The van der Waals surface area contributed by atoms with Crippen LogP contribution in [0.1, 0.15) is 15.4 Å². The molecule has 118 valence electrons. The highest BCUT2D eigenvalue weighted by Crippen LogP contribution is 2.22. The summed E-state index contributed by atoms with van der Waals surface area (Å²) in [5, 5.41) is 11.7. The van der Waals surface area contributed by atoms with Gasteiger partial charge in [0.05, 0.1) is 21.5 Å². The molecular weight excluding hydrogens is 326 g/mol. The average molecular weight is 337 g/mol. The molecule has 0 fully saturated rings. The van der Waals surface area contributed by atoms with Gasteiger partial charge in [-0.3, -0.25) is 0 Å². The number of fused-ring (bicyclic) bond motifs is 1. The SMILES string of the molecule is O=C(OCc1nc2ccccc2s1)c1cccc(-n2cnnn2)c1. The summed E-state index contributed by atoms with van der Waals surface area (Å²) >= 11 is 1.52. The molecule has 7 nitrogen and oxygen atoms in total. The van der Waals surface area contributed by atoms with E-state index in [9.17, 15) is 4.79 Å². The maximum Gasteiger partial charge on any atom is 0.338 e. The molecule has 0 aliphatic heterocycles. The summed E-state index contributed by atoms with van der Waals surface area (Å²) in [6, 6.07) is 14.8. The van der Waals surface area contributed by atoms with E-state index in [1.807, 2.05) is 24.3 Å². The van der Waals surface area contributed by atoms with Gasteiger partial charge in [-0.25, -0.2) is 14.5 Å². The van der Waals surface area contributed by atoms with Crippen molar-refractivity contribution in [3.63, 3.8) is 0 Å². The third-order valence-electron chi connectivity index (χ3n) is 3.36. The Hall–Kier alpha value is -3.13. The number of hydrogen-bond donors (Lipinski definition) is 0. The predicted molar refractivity (Wildman–Crippen MR) is 87.9 cm³/mol. The Morgan fingerprint density at radius 1 is 1.17 bits per heavy atom. The molecule has 2 aromatic heterocycles. The smallest absolute Gasteiger partial charge is 0.338 e. The first-order valence-corrected chi connectivity index (χ1v) is 7.96. The Balaban J connectivity index is 1.49. The first-order chi connectivity index (χ1) is 11.8. The van der Waals surface area contributed by atoms with Crippen LogP contribution in [0.15, 0.2) is 54.9 Å². The fourth-order valence-electron chi connectivity index (χ4n) is 2.25. The van der Waals surface area contributed by atoms with Crippen molar-refractivity contribution in [2.24, 2.45) is 0 Å². The van der Waals surface area contributed by atoms with Gasteiger partial charge < -0.3 is 4.74 Å². The molecule has 0 saturated heterocycles. The summed E-state index contributed by atoms with van der Waals surface area (Å²) < 4.78 is 7.91. The predicted octanol–water partition coefficient (Wildman–Crippen LogP) is 2.63. The molecular formula is C16H11N5O2S. The summed E-state index contributed by atoms with van der Waals surface area (Å²) in [5.41, 5.74) is 2.03. The van der Waals surface area contributed by atoms with Crippen LogP contribution in [0, 0.1) is 0 Å². The van der Waals surface area contributed by atoms with E-state index in [1.54, 1.807) is 24.3 Å². The normalized spacial score (nSPS) is 10.8. The minimum Gasteiger partial charge on any atom is -0.455 e. The van der Waals surface area contributed by atoms with Gasteiger partial charge in [0, 0.05) is 0 Å². The van der Waals surface area contributed by atoms with Crippen LogP contribution >= 0.6 is 11.3 Å². The average Bonchev–Trinajstić information content (AvgIpc) is 3.29. The lowest BCUT2D eigenvalue weighted by molar-refractivity contribution is 0.0472. The summed E-state index contributed by atoms with van der Waals surface area (Å²) in [6.45, 7) is 0.146. The standard InChI is InChI=1S/C16H11N5O2S/c22-16(11-4-3-5-12(8-11)21-10-17-19-20-21)23-9-15-18-13-6-1-2-7-14(13)24-15/h1-8,10H,9H2. The van der Waals surface area contributed by atoms with Crippen molar-refractivity contribution in [2.45, 2.75) is 6.61 Å². The number of thiazole rings is 1. The zero-order valence-electron chi connectivity index (χ0n) is 12.4. The molecule has 4 rings (SSSR count). The van der Waals surface area contributed by atoms with Gasteiger partial charge >= 0.3 is 5.97 Å². The highest BCUT2D eigenvalue weighted by atomic mass is 32.1. The molecule has 0 spiro atoms. The molecule has 0 saturated carbocycles. The Morgan fingerprint density at radius 2 is 2.08 bits per heavy atom. The van der Waals surface area contributed by atoms with Crippen molar-refractivity contribution in [3.8, 4) is 5.69 Å². The Morgan fingerprint density at radius 3 is 2.92 bits per heavy atom. The van der Waals surface area contributed by atoms with Crippen LogP contribution in [-0.4, -0.2) is 31.2 Å². The van der Waals surface area contributed by atoms with Crippen molar-refractivity contribution in [1.29, 1.82) is 0 Å². The third-order valence-corrected chi connectivity index (χ3v) is 4.37. The van der Waals surface area contributed by atoms with E-state index in [1.165, 1.54) is 22.3 Å². The van der Waals surface area contributed by atoms with E-state index in [0.717, 1.165) is 15.2 Å². The van der Waals surface area contributed by atoms with Crippen LogP contribution in [0.2, 0.25) is 0 Å². The molecule has 24 heavy (non-hydrogen) atoms. The number of benzene rings is 2. The minimum atomic E-state index is -0.413. The van der Waals surface area contributed by atoms with Gasteiger partial charge in [-0.2, -0.15) is 0 Å². The number of ether oxygens (including phenoxy) is 1. The maximum atomic E-state index is 12.2. The number of tetrazole rings is 1. The number of carbonyl (C=O) groups is 1. The first kappa shape index (κ1) is 14.5. The van der Waals surface area contributed by atoms with Crippen LogP contribution in [0.4, 0.5) is 0 Å². The molecule has 0 aliphatic rings. The Labute approximate surface area is 140 Å². The van der Waals surface area contributed by atoms with Crippen LogP contribution < -0.4 is 0 Å². The summed E-state index contributed by atoms with van der Waals surface area (Å²) in [4.78, 5) is 16.7. The number of para-hydroxylation sites is 1. The number of nitrogens with zero attached hydrogens (tertiary/aromatic N) is 5. The van der Waals surface area contributed by atoms with Crippen molar-refractivity contribution < 1.29 is 9.53 Å². The molecule has 8 heteroatoms. The Bertz CT molecular complexity index is 964. The Kier molecular flexibility index (Phi) is 3.72. The molecule has 0 aliphatic carbocycles. The number of aromatic nitrogens is 5. The second-order valence-electron chi connectivity index (χ2n) is 4.96. The van der Waals surface area contributed by atoms with E-state index in [0.29, 0.717) is 11.3 Å². The largest absolute Gasteiger partial charge is 0.455 e. The maximum absolute atomic E-state index is 12.2. The molecule has 2 heterocycles. The van der Waals surface area contributed by atoms with Crippen LogP contribution in [-0.2, 0) is 11.3 Å². The first-order valence-electron chi connectivity index (χ1n) is 7.14. The van der Waals surface area contributed by atoms with Crippen molar-refractivity contribution >= 4 is 27.5 Å². The molecule has 0 amide bonds. The van der Waals surface area contributed by atoms with E-state index in [4.69, 9.17) is 4.74 Å². The second kappa shape index (κ2) is 6.17. The molecule has 0 N–H and O–H groups in total. The van der Waals surface area contributed by atoms with Crippen molar-refractivity contribution in [1.82, 2.24) is 25.2 Å². The highest BCUT2D eigenvalue weighted by Gasteiger charge is 2.11. The van der Waals surface area contributed by atoms with Gasteiger partial charge in [-0.15, -0.1) is 16.4 Å². The quantitative estimate of drug-likeness (QED) is 0.532. The third kappa shape index (κ3) is 2.86. The lowest BCUT2D eigenvalue weighted by Crippen LogP contribution is -2.06. The zero-order chi connectivity index (χ0) is 16.4. The van der Waals surface area contributed by atoms with Crippen molar-refractivity contribution in [3.05, 3.63) is 65.4 Å². The number of hydrogen-bond acceptors (Lipinski definition) is 7. The lowest BCUT2D eigenvalue weighted by Gasteiger charge is -2.04. The van der Waals surface area contributed by atoms with E-state index in [-0.39, 0.29) is 6.61 Å². The van der Waals surface area contributed by atoms with E-state index >= 15 is 0 Å². The van der Waals surface area contributed by atoms with Crippen LogP contribution in [0.5, 0.6) is 0 Å². The number of rotatable bonds is 4. The lowest BCUT2D eigenvalue weighted by atomic mass is 10.2. The highest BCUT2D eigenvalue weighted by molar-refractivity contribution is 7.18. The van der Waals surface area contributed by atoms with Gasteiger partial charge in [-0.05, 0) is 40.8 Å². The van der Waals surface area contributed by atoms with Crippen LogP contribution in [0.3, 0.4) is 0 Å². The fraction of sp³-hybridized carbons (Fsp3) is 0.0625. The van der Waals surface area contributed by atoms with Gasteiger partial charge in [0.15, 0.2) is 0 Å². The molecule has 4 aromatic rings. The zero-order valence-corrected chi connectivity index (χ0v) is 13.2. The van der Waals surface area contributed by atoms with Crippen molar-refractivity contribution in [2.75, 3.05) is 0 Å². The topological polar surface area (TPSA) is 82.8 Å². The fourth-order valence-corrected chi connectivity index (χ4v) is 3.13. The monoisotopic (exact) mass is 337 g/mol. The number of esters is 1. The summed E-state index contributed by atoms with van der Waals surface area (Å²) in [6.07, 6.45) is 1.46. The van der Waals surface area contributed by atoms with Gasteiger partial charge in [0.1, 0.15) is 17.9 Å². The molecule has 0 bridgehead atoms. The van der Waals surface area contributed by atoms with Gasteiger partial charge in [-0.1, -0.05) is 18.2 Å². The molecule has 0 unspecified atom stereocenters. The van der Waals surface area contributed by atoms with Gasteiger partial charge in [0.25, 0.3) is 0 Å². The molecule has 0 radical (unpaired) electrons. The molecule has 2 aromatic carbocycles. The summed E-state index contributed by atoms with van der Waals surface area (Å²) in [7, 11) is 0. The minimum absolute atomic E-state index is 0.146. The van der Waals surface area contributed by atoms with E-state index in [2.05, 4.69) is 20.5 Å². The van der Waals surface area contributed by atoms with Crippen LogP contribution in [0.25, 0.3) is 15.9 Å². The summed E-state index contributed by atoms with van der Waals surface area (Å²) in [5.74, 6) is -0.413. The number of carbonyl (C=O) groups excluding carboxylic acids is 1. The second-order valence-corrected chi connectivity index (χ2v) is 6.07. The molecule has 0 atom stereocenters. The van der Waals surface area contributed by atoms with Gasteiger partial charge in [0.2, 0.25) is 0 Å².